The van der Waals surface area contributed by atoms with Crippen LogP contribution in [-0.2, 0) is 6.42 Å². The average molecular weight is 353 g/mol. The van der Waals surface area contributed by atoms with Crippen molar-refractivity contribution in [3.05, 3.63) is 42.1 Å². The molecule has 0 amide bonds. The van der Waals surface area contributed by atoms with E-state index >= 15 is 0 Å². The molecule has 0 atom stereocenters. The van der Waals surface area contributed by atoms with Crippen LogP contribution >= 0.6 is 11.5 Å². The maximum atomic E-state index is 5.71. The maximum Gasteiger partial charge on any atom is 0.231 e. The van der Waals surface area contributed by atoms with Gasteiger partial charge in [0.1, 0.15) is 5.75 Å². The Morgan fingerprint density at radius 2 is 1.96 bits per heavy atom. The Balaban J connectivity index is 1.62. The largest absolute Gasteiger partial charge is 0.493 e. The molecular formula is C19H15NO4S. The molecule has 5 nitrogen and oxygen atoms in total. The Kier molecular flexibility index (Phi) is 3.31. The fraction of sp³-hybridized carbons (Fsp3) is 0.211. The summed E-state index contributed by atoms with van der Waals surface area (Å²) in [7, 11) is 1.63. The number of methoxy groups -OCH3 is 1. The molecule has 1 aromatic heterocycles. The Bertz CT molecular complexity index is 966. The quantitative estimate of drug-likeness (QED) is 0.708. The molecule has 25 heavy (non-hydrogen) atoms. The lowest BCUT2D eigenvalue weighted by Crippen LogP contribution is -1.93. The lowest BCUT2D eigenvalue weighted by molar-refractivity contribution is 0.171. The lowest BCUT2D eigenvalue weighted by atomic mass is 10.0. The van der Waals surface area contributed by atoms with Crippen LogP contribution in [0.2, 0.25) is 0 Å². The summed E-state index contributed by atoms with van der Waals surface area (Å²) in [6, 6.07) is 10.3. The van der Waals surface area contributed by atoms with Crippen molar-refractivity contribution >= 4 is 11.5 Å². The van der Waals surface area contributed by atoms with Crippen molar-refractivity contribution in [3.63, 3.8) is 0 Å². The summed E-state index contributed by atoms with van der Waals surface area (Å²) < 4.78 is 26.6. The van der Waals surface area contributed by atoms with Crippen LogP contribution in [0.15, 0.2) is 36.5 Å². The predicted molar refractivity (Wildman–Crippen MR) is 94.9 cm³/mol. The Labute approximate surface area is 148 Å². The number of rotatable bonds is 3. The summed E-state index contributed by atoms with van der Waals surface area (Å²) in [5.74, 6) is 2.99. The van der Waals surface area contributed by atoms with Gasteiger partial charge in [-0.25, -0.2) is 0 Å². The van der Waals surface area contributed by atoms with Gasteiger partial charge in [-0.15, -0.1) is 0 Å². The number of hydrogen-bond donors (Lipinski definition) is 0. The third-order valence-corrected chi connectivity index (χ3v) is 5.35. The van der Waals surface area contributed by atoms with E-state index in [0.29, 0.717) is 17.2 Å². The van der Waals surface area contributed by atoms with Gasteiger partial charge in [0.15, 0.2) is 11.5 Å². The Hall–Kier alpha value is -2.73. The molecule has 0 aliphatic carbocycles. The first kappa shape index (κ1) is 14.6. The summed E-state index contributed by atoms with van der Waals surface area (Å²) in [6.45, 7) is 0.972. The van der Waals surface area contributed by atoms with Crippen LogP contribution in [0.5, 0.6) is 23.0 Å². The molecule has 0 N–H and O–H groups in total. The highest BCUT2D eigenvalue weighted by Gasteiger charge is 2.23. The number of hydrogen-bond acceptors (Lipinski definition) is 6. The zero-order valence-corrected chi connectivity index (χ0v) is 14.4. The van der Waals surface area contributed by atoms with Gasteiger partial charge in [-0.2, -0.15) is 4.37 Å². The first-order valence-electron chi connectivity index (χ1n) is 8.02. The molecule has 3 aromatic rings. The van der Waals surface area contributed by atoms with E-state index in [0.717, 1.165) is 40.3 Å². The summed E-state index contributed by atoms with van der Waals surface area (Å²) >= 11 is 1.45. The fourth-order valence-corrected chi connectivity index (χ4v) is 4.00. The van der Waals surface area contributed by atoms with Crippen LogP contribution in [0, 0.1) is 0 Å². The average Bonchev–Trinajstić information content (AvgIpc) is 3.38. The number of fused-ring (bicyclic) bond motifs is 2. The Morgan fingerprint density at radius 1 is 1.04 bits per heavy atom. The monoisotopic (exact) mass is 353 g/mol. The number of ether oxygens (including phenoxy) is 4. The van der Waals surface area contributed by atoms with E-state index in [-0.39, 0.29) is 6.79 Å². The third kappa shape index (κ3) is 2.33. The van der Waals surface area contributed by atoms with Gasteiger partial charge in [-0.05, 0) is 40.9 Å². The first-order valence-corrected chi connectivity index (χ1v) is 8.79. The number of aromatic nitrogens is 1. The van der Waals surface area contributed by atoms with E-state index in [2.05, 4.69) is 22.6 Å². The van der Waals surface area contributed by atoms with E-state index in [4.69, 9.17) is 18.9 Å². The van der Waals surface area contributed by atoms with Crippen LogP contribution in [0.25, 0.3) is 21.6 Å². The van der Waals surface area contributed by atoms with Crippen LogP contribution < -0.4 is 18.9 Å². The second-order valence-corrected chi connectivity index (χ2v) is 6.70. The molecule has 2 aromatic carbocycles. The maximum absolute atomic E-state index is 5.71. The van der Waals surface area contributed by atoms with E-state index in [1.807, 2.05) is 18.3 Å². The highest BCUT2D eigenvalue weighted by Crippen LogP contribution is 2.47. The highest BCUT2D eigenvalue weighted by molar-refractivity contribution is 7.10. The van der Waals surface area contributed by atoms with Gasteiger partial charge in [0, 0.05) is 23.7 Å². The molecule has 0 spiro atoms. The molecule has 0 fully saturated rings. The summed E-state index contributed by atoms with van der Waals surface area (Å²) in [6.07, 6.45) is 2.87. The minimum absolute atomic E-state index is 0.215. The highest BCUT2D eigenvalue weighted by atomic mass is 32.1. The lowest BCUT2D eigenvalue weighted by Gasteiger charge is -2.09. The van der Waals surface area contributed by atoms with Crippen LogP contribution in [0.3, 0.4) is 0 Å². The van der Waals surface area contributed by atoms with Gasteiger partial charge >= 0.3 is 0 Å². The summed E-state index contributed by atoms with van der Waals surface area (Å²) in [4.78, 5) is 1.06. The minimum atomic E-state index is 0.215. The van der Waals surface area contributed by atoms with E-state index in [1.165, 1.54) is 17.1 Å². The van der Waals surface area contributed by atoms with E-state index < -0.39 is 0 Å². The predicted octanol–water partition coefficient (Wildman–Crippen LogP) is 4.15. The standard InChI is InChI=1S/C19H15NO4S/c1-21-16-7-13(8-17-18(16)24-10-23-17)19-14(9-20-25-19)12-3-2-11-4-5-22-15(11)6-12/h2-3,6-9H,4-5,10H2,1H3. The van der Waals surface area contributed by atoms with Gasteiger partial charge < -0.3 is 18.9 Å². The second-order valence-electron chi connectivity index (χ2n) is 5.90. The molecule has 0 unspecified atom stereocenters. The molecule has 2 aliphatic rings. The van der Waals surface area contributed by atoms with Crippen molar-refractivity contribution < 1.29 is 18.9 Å². The third-order valence-electron chi connectivity index (χ3n) is 4.50. The number of benzene rings is 2. The first-order chi connectivity index (χ1) is 12.3. The van der Waals surface area contributed by atoms with E-state index in [9.17, 15) is 0 Å². The van der Waals surface area contributed by atoms with Gasteiger partial charge in [-0.1, -0.05) is 12.1 Å². The normalized spacial score (nSPS) is 14.3. The van der Waals surface area contributed by atoms with Crippen molar-refractivity contribution in [1.82, 2.24) is 4.37 Å². The molecule has 0 radical (unpaired) electrons. The SMILES string of the molecule is COc1cc(-c2sncc2-c2ccc3c(c2)OCC3)cc2c1OCO2. The molecule has 0 saturated heterocycles. The fourth-order valence-electron chi connectivity index (χ4n) is 3.25. The van der Waals surface area contributed by atoms with Crippen molar-refractivity contribution in [2.75, 3.05) is 20.5 Å². The van der Waals surface area contributed by atoms with Crippen molar-refractivity contribution in [2.24, 2.45) is 0 Å². The second kappa shape index (κ2) is 5.67. The molecule has 3 heterocycles. The zero-order chi connectivity index (χ0) is 16.8. The minimum Gasteiger partial charge on any atom is -0.493 e. The van der Waals surface area contributed by atoms with Crippen molar-refractivity contribution in [1.29, 1.82) is 0 Å². The number of nitrogens with zero attached hydrogens (tertiary/aromatic N) is 1. The smallest absolute Gasteiger partial charge is 0.231 e. The van der Waals surface area contributed by atoms with Gasteiger partial charge in [0.2, 0.25) is 12.5 Å². The molecule has 126 valence electrons. The molecule has 0 saturated carbocycles. The molecule has 6 heteroatoms. The Morgan fingerprint density at radius 3 is 2.88 bits per heavy atom. The zero-order valence-electron chi connectivity index (χ0n) is 13.6. The van der Waals surface area contributed by atoms with Crippen molar-refractivity contribution in [2.45, 2.75) is 6.42 Å². The molecular weight excluding hydrogens is 338 g/mol. The van der Waals surface area contributed by atoms with Gasteiger partial charge in [0.05, 0.1) is 18.6 Å². The van der Waals surface area contributed by atoms with Crippen LogP contribution in [0.4, 0.5) is 0 Å². The topological polar surface area (TPSA) is 49.8 Å². The van der Waals surface area contributed by atoms with Gasteiger partial charge in [0.25, 0.3) is 0 Å². The van der Waals surface area contributed by atoms with Gasteiger partial charge in [-0.3, -0.25) is 0 Å². The van der Waals surface area contributed by atoms with E-state index in [1.54, 1.807) is 7.11 Å². The molecule has 2 aliphatic heterocycles. The summed E-state index contributed by atoms with van der Waals surface area (Å²) in [5.41, 5.74) is 4.43. The van der Waals surface area contributed by atoms with Crippen LogP contribution in [0.1, 0.15) is 5.56 Å². The molecule has 0 bridgehead atoms. The van der Waals surface area contributed by atoms with Crippen LogP contribution in [-0.4, -0.2) is 24.9 Å². The summed E-state index contributed by atoms with van der Waals surface area (Å²) in [5, 5.41) is 0. The van der Waals surface area contributed by atoms with Crippen molar-refractivity contribution in [3.8, 4) is 44.6 Å². The molecule has 5 rings (SSSR count).